The van der Waals surface area contributed by atoms with Gasteiger partial charge in [0.25, 0.3) is 0 Å². The van der Waals surface area contributed by atoms with Crippen molar-refractivity contribution in [2.45, 2.75) is 52.9 Å². The number of fused-ring (bicyclic) bond motifs is 2. The fraction of sp³-hybridized carbons (Fsp3) is 0.190. The van der Waals surface area contributed by atoms with E-state index >= 15 is 0 Å². The van der Waals surface area contributed by atoms with Gasteiger partial charge < -0.3 is 5.11 Å². The molecule has 0 spiro atoms. The molecule has 46 heavy (non-hydrogen) atoms. The third-order valence-electron chi connectivity index (χ3n) is 8.94. The molecular formula is C42H39N3O. The molecule has 0 unspecified atom stereocenters. The number of imidazole rings is 1. The zero-order chi connectivity index (χ0) is 32.2. The normalized spacial score (nSPS) is 12.0. The van der Waals surface area contributed by atoms with Crippen molar-refractivity contribution in [1.29, 1.82) is 0 Å². The van der Waals surface area contributed by atoms with Gasteiger partial charge in [-0.05, 0) is 101 Å². The average Bonchev–Trinajstić information content (AvgIpc) is 3.43. The van der Waals surface area contributed by atoms with Gasteiger partial charge in [0.15, 0.2) is 0 Å². The van der Waals surface area contributed by atoms with Crippen LogP contribution >= 0.6 is 0 Å². The van der Waals surface area contributed by atoms with Gasteiger partial charge in [-0.15, -0.1) is 0 Å². The molecule has 5 aromatic carbocycles. The van der Waals surface area contributed by atoms with Crippen molar-refractivity contribution in [3.05, 3.63) is 132 Å². The molecule has 0 radical (unpaired) electrons. The van der Waals surface area contributed by atoms with Crippen molar-refractivity contribution < 1.29 is 5.11 Å². The number of pyridine rings is 1. The summed E-state index contributed by atoms with van der Waals surface area (Å²) in [5.41, 5.74) is 12.6. The lowest BCUT2D eigenvalue weighted by Gasteiger charge is -2.20. The Hall–Kier alpha value is -5.22. The number of phenolic OH excluding ortho intramolecular Hbond substituents is 1. The molecular weight excluding hydrogens is 562 g/mol. The SMILES string of the molecule is Cc1cc(-c2cccc(-c3cccc4c3nc(-c3cc(C(C)C)ccc3O)n4-c3ccc(C(C)(C)C)cc3)c2)c2ncccc2c1. The van der Waals surface area contributed by atoms with Crippen LogP contribution in [0.3, 0.4) is 0 Å². The van der Waals surface area contributed by atoms with E-state index in [-0.39, 0.29) is 11.2 Å². The third kappa shape index (κ3) is 5.24. The first-order chi connectivity index (χ1) is 22.1. The Balaban J connectivity index is 1.46. The molecule has 0 atom stereocenters. The maximum Gasteiger partial charge on any atom is 0.149 e. The molecule has 2 aromatic heterocycles. The van der Waals surface area contributed by atoms with Gasteiger partial charge in [0.05, 0.1) is 22.1 Å². The Morgan fingerprint density at radius 2 is 1.43 bits per heavy atom. The highest BCUT2D eigenvalue weighted by atomic mass is 16.3. The number of aryl methyl sites for hydroxylation is 1. The van der Waals surface area contributed by atoms with Crippen LogP contribution in [0.4, 0.5) is 0 Å². The molecule has 228 valence electrons. The fourth-order valence-corrected chi connectivity index (χ4v) is 6.39. The number of nitrogens with zero attached hydrogens (tertiary/aromatic N) is 3. The largest absolute Gasteiger partial charge is 0.507 e. The summed E-state index contributed by atoms with van der Waals surface area (Å²) in [5, 5.41) is 12.3. The molecule has 0 saturated carbocycles. The predicted octanol–water partition coefficient (Wildman–Crippen LogP) is 11.0. The summed E-state index contributed by atoms with van der Waals surface area (Å²) >= 11 is 0. The zero-order valence-corrected chi connectivity index (χ0v) is 27.3. The molecule has 7 aromatic rings. The van der Waals surface area contributed by atoms with Gasteiger partial charge in [0.1, 0.15) is 11.6 Å². The number of phenols is 1. The van der Waals surface area contributed by atoms with Crippen LogP contribution in [0, 0.1) is 6.92 Å². The van der Waals surface area contributed by atoms with E-state index < -0.39 is 0 Å². The number of benzene rings is 5. The Morgan fingerprint density at radius 1 is 0.696 bits per heavy atom. The quantitative estimate of drug-likeness (QED) is 0.213. The highest BCUT2D eigenvalue weighted by molar-refractivity contribution is 5.98. The second-order valence-electron chi connectivity index (χ2n) is 13.6. The smallest absolute Gasteiger partial charge is 0.149 e. The summed E-state index contributed by atoms with van der Waals surface area (Å²) in [4.78, 5) is 10.1. The van der Waals surface area contributed by atoms with E-state index in [9.17, 15) is 5.11 Å². The van der Waals surface area contributed by atoms with E-state index in [1.165, 1.54) is 11.1 Å². The molecule has 0 aliphatic carbocycles. The Bertz CT molecular complexity index is 2230. The first kappa shape index (κ1) is 29.5. The molecule has 4 nitrogen and oxygen atoms in total. The van der Waals surface area contributed by atoms with Gasteiger partial charge in [0, 0.05) is 28.4 Å². The maximum absolute atomic E-state index is 11.2. The van der Waals surface area contributed by atoms with E-state index in [1.54, 1.807) is 6.07 Å². The van der Waals surface area contributed by atoms with Crippen LogP contribution in [0.1, 0.15) is 57.2 Å². The lowest BCUT2D eigenvalue weighted by molar-refractivity contribution is 0.476. The van der Waals surface area contributed by atoms with Crippen LogP contribution in [0.5, 0.6) is 5.75 Å². The topological polar surface area (TPSA) is 50.9 Å². The van der Waals surface area contributed by atoms with Crippen LogP contribution in [-0.2, 0) is 5.41 Å². The summed E-state index contributed by atoms with van der Waals surface area (Å²) in [6.07, 6.45) is 1.86. The van der Waals surface area contributed by atoms with Gasteiger partial charge in [0.2, 0.25) is 0 Å². The Labute approximate surface area is 271 Å². The molecule has 2 heterocycles. The van der Waals surface area contributed by atoms with Gasteiger partial charge in [-0.3, -0.25) is 9.55 Å². The Kier molecular flexibility index (Phi) is 7.24. The molecule has 0 bridgehead atoms. The highest BCUT2D eigenvalue weighted by Gasteiger charge is 2.22. The molecule has 0 aliphatic rings. The van der Waals surface area contributed by atoms with Crippen molar-refractivity contribution in [3.8, 4) is 45.1 Å². The monoisotopic (exact) mass is 601 g/mol. The van der Waals surface area contributed by atoms with Crippen LogP contribution in [-0.4, -0.2) is 19.6 Å². The lowest BCUT2D eigenvalue weighted by Crippen LogP contribution is -2.11. The molecule has 0 amide bonds. The maximum atomic E-state index is 11.2. The molecule has 0 aliphatic heterocycles. The second kappa shape index (κ2) is 11.3. The first-order valence-corrected chi connectivity index (χ1v) is 16.0. The van der Waals surface area contributed by atoms with E-state index in [0.717, 1.165) is 66.8 Å². The van der Waals surface area contributed by atoms with Crippen molar-refractivity contribution in [2.24, 2.45) is 0 Å². The minimum Gasteiger partial charge on any atom is -0.507 e. The van der Waals surface area contributed by atoms with Crippen molar-refractivity contribution in [2.75, 3.05) is 0 Å². The van der Waals surface area contributed by atoms with Crippen LogP contribution in [0.15, 0.2) is 115 Å². The summed E-state index contributed by atoms with van der Waals surface area (Å²) < 4.78 is 2.19. The molecule has 0 saturated heterocycles. The number of aromatic nitrogens is 3. The molecule has 1 N–H and O–H groups in total. The fourth-order valence-electron chi connectivity index (χ4n) is 6.39. The first-order valence-electron chi connectivity index (χ1n) is 16.0. The summed E-state index contributed by atoms with van der Waals surface area (Å²) in [5.74, 6) is 1.25. The molecule has 7 rings (SSSR count). The van der Waals surface area contributed by atoms with Gasteiger partial charge in [-0.25, -0.2) is 4.98 Å². The highest BCUT2D eigenvalue weighted by Crippen LogP contribution is 2.40. The van der Waals surface area contributed by atoms with Gasteiger partial charge >= 0.3 is 0 Å². The van der Waals surface area contributed by atoms with Crippen LogP contribution < -0.4 is 0 Å². The third-order valence-corrected chi connectivity index (χ3v) is 8.94. The minimum absolute atomic E-state index is 0.0402. The van der Waals surface area contributed by atoms with E-state index in [1.807, 2.05) is 18.3 Å². The average molecular weight is 602 g/mol. The summed E-state index contributed by atoms with van der Waals surface area (Å²) in [6.45, 7) is 13.2. The standard InChI is InChI=1S/C42H39N3O/c1-26(2)28-15-20-38(46)36(25-28)41-44-40-34(13-8-14-37(40)45(41)33-18-16-32(17-19-33)42(4,5)6)29-10-7-11-30(24-29)35-23-27(3)22-31-12-9-21-43-39(31)35/h7-26,46H,1-6H3. The van der Waals surface area contributed by atoms with E-state index in [0.29, 0.717) is 5.92 Å². The number of hydrogen-bond acceptors (Lipinski definition) is 3. The van der Waals surface area contributed by atoms with Crippen LogP contribution in [0.2, 0.25) is 0 Å². The molecule has 4 heteroatoms. The summed E-state index contributed by atoms with van der Waals surface area (Å²) in [7, 11) is 0. The summed E-state index contributed by atoms with van der Waals surface area (Å²) in [6, 6.07) is 38.1. The number of aromatic hydroxyl groups is 1. The Morgan fingerprint density at radius 3 is 2.17 bits per heavy atom. The zero-order valence-electron chi connectivity index (χ0n) is 27.3. The lowest BCUT2D eigenvalue weighted by atomic mass is 9.87. The van der Waals surface area contributed by atoms with Crippen molar-refractivity contribution >= 4 is 21.9 Å². The van der Waals surface area contributed by atoms with Gasteiger partial charge in [-0.1, -0.05) is 89.2 Å². The van der Waals surface area contributed by atoms with Gasteiger partial charge in [-0.2, -0.15) is 0 Å². The van der Waals surface area contributed by atoms with Crippen molar-refractivity contribution in [1.82, 2.24) is 14.5 Å². The number of para-hydroxylation sites is 1. The van der Waals surface area contributed by atoms with E-state index in [4.69, 9.17) is 9.97 Å². The number of rotatable bonds is 5. The predicted molar refractivity (Wildman–Crippen MR) is 192 cm³/mol. The number of hydrogen-bond donors (Lipinski definition) is 1. The van der Waals surface area contributed by atoms with Crippen molar-refractivity contribution in [3.63, 3.8) is 0 Å². The second-order valence-corrected chi connectivity index (χ2v) is 13.6. The minimum atomic E-state index is 0.0402. The van der Waals surface area contributed by atoms with Crippen LogP contribution in [0.25, 0.3) is 61.3 Å². The molecule has 0 fully saturated rings. The van der Waals surface area contributed by atoms with E-state index in [2.05, 4.69) is 137 Å².